The third-order valence-electron chi connectivity index (χ3n) is 3.49. The van der Waals surface area contributed by atoms with Crippen molar-refractivity contribution < 1.29 is 4.79 Å². The predicted octanol–water partition coefficient (Wildman–Crippen LogP) is 1.72. The molecule has 3 N–H and O–H groups in total. The molecule has 0 saturated carbocycles. The number of thioether (sulfide) groups is 1. The van der Waals surface area contributed by atoms with Gasteiger partial charge >= 0.3 is 0 Å². The van der Waals surface area contributed by atoms with E-state index < -0.39 is 0 Å². The molecule has 5 nitrogen and oxygen atoms in total. The summed E-state index contributed by atoms with van der Waals surface area (Å²) < 4.78 is 0. The Morgan fingerprint density at radius 1 is 1.48 bits per heavy atom. The van der Waals surface area contributed by atoms with Gasteiger partial charge in [0.05, 0.1) is 10.6 Å². The Morgan fingerprint density at radius 3 is 2.71 bits per heavy atom. The van der Waals surface area contributed by atoms with E-state index in [2.05, 4.69) is 28.7 Å². The number of amides is 1. The summed E-state index contributed by atoms with van der Waals surface area (Å²) in [6.45, 7) is 8.06. The van der Waals surface area contributed by atoms with Gasteiger partial charge in [-0.1, -0.05) is 6.08 Å². The summed E-state index contributed by atoms with van der Waals surface area (Å²) in [5, 5.41) is 3.92. The van der Waals surface area contributed by atoms with Gasteiger partial charge in [-0.2, -0.15) is 0 Å². The molecule has 1 aromatic rings. The number of nitrogen functional groups attached to an aromatic ring is 1. The number of nitrogens with one attached hydrogen (secondary N) is 1. The first-order valence-electron chi connectivity index (χ1n) is 6.87. The van der Waals surface area contributed by atoms with Crippen molar-refractivity contribution in [3.05, 3.63) is 17.5 Å². The SMILES string of the molecule is C=CCNC(=O)c1sc(N2CCN(C)CC2)c(SC)c1N. The lowest BCUT2D eigenvalue weighted by Crippen LogP contribution is -2.44. The fraction of sp³-hybridized carbons (Fsp3) is 0.500. The van der Waals surface area contributed by atoms with Crippen LogP contribution in [0.5, 0.6) is 0 Å². The zero-order valence-electron chi connectivity index (χ0n) is 12.5. The van der Waals surface area contributed by atoms with Crippen LogP contribution in [0.1, 0.15) is 9.67 Å². The lowest BCUT2D eigenvalue weighted by Gasteiger charge is -2.33. The Labute approximate surface area is 134 Å². The molecule has 2 rings (SSSR count). The summed E-state index contributed by atoms with van der Waals surface area (Å²) >= 11 is 3.10. The lowest BCUT2D eigenvalue weighted by atomic mass is 10.3. The van der Waals surface area contributed by atoms with Crippen molar-refractivity contribution >= 4 is 39.7 Å². The highest BCUT2D eigenvalue weighted by atomic mass is 32.2. The van der Waals surface area contributed by atoms with Crippen molar-refractivity contribution in [3.8, 4) is 0 Å². The van der Waals surface area contributed by atoms with Gasteiger partial charge in [-0.15, -0.1) is 29.7 Å². The van der Waals surface area contributed by atoms with Crippen LogP contribution >= 0.6 is 23.1 Å². The first-order valence-corrected chi connectivity index (χ1v) is 8.91. The van der Waals surface area contributed by atoms with E-state index >= 15 is 0 Å². The highest BCUT2D eigenvalue weighted by molar-refractivity contribution is 7.99. The maximum atomic E-state index is 12.2. The number of thiophene rings is 1. The molecule has 7 heteroatoms. The molecule has 0 unspecified atom stereocenters. The van der Waals surface area contributed by atoms with E-state index in [1.165, 1.54) is 11.3 Å². The van der Waals surface area contributed by atoms with Crippen LogP contribution in [-0.2, 0) is 0 Å². The van der Waals surface area contributed by atoms with Crippen LogP contribution in [0.15, 0.2) is 17.6 Å². The molecule has 1 fully saturated rings. The van der Waals surface area contributed by atoms with Gasteiger partial charge in [-0.3, -0.25) is 4.79 Å². The van der Waals surface area contributed by atoms with Crippen molar-refractivity contribution in [1.29, 1.82) is 0 Å². The van der Waals surface area contributed by atoms with Gasteiger partial charge in [0.2, 0.25) is 0 Å². The zero-order valence-corrected chi connectivity index (χ0v) is 14.1. The number of nitrogens with zero attached hydrogens (tertiary/aromatic N) is 2. The van der Waals surface area contributed by atoms with Crippen LogP contribution in [-0.4, -0.2) is 56.8 Å². The smallest absolute Gasteiger partial charge is 0.263 e. The molecule has 1 amide bonds. The van der Waals surface area contributed by atoms with Crippen molar-refractivity contribution in [3.63, 3.8) is 0 Å². The standard InChI is InChI=1S/C14H22N4OS2/c1-4-5-16-13(19)11-10(15)12(20-3)14(21-11)18-8-6-17(2)7-9-18/h4H,1,5-9,15H2,2-3H3,(H,16,19). The number of carbonyl (C=O) groups excluding carboxylic acids is 1. The predicted molar refractivity (Wildman–Crippen MR) is 92.8 cm³/mol. The molecule has 0 aliphatic carbocycles. The normalized spacial score (nSPS) is 16.0. The molecule has 1 saturated heterocycles. The maximum Gasteiger partial charge on any atom is 0.263 e. The Balaban J connectivity index is 2.25. The topological polar surface area (TPSA) is 61.6 Å². The molecule has 1 aliphatic heterocycles. The highest BCUT2D eigenvalue weighted by Gasteiger charge is 2.25. The van der Waals surface area contributed by atoms with E-state index in [1.54, 1.807) is 17.8 Å². The number of rotatable bonds is 5. The lowest BCUT2D eigenvalue weighted by molar-refractivity contribution is 0.0963. The molecule has 116 valence electrons. The van der Waals surface area contributed by atoms with E-state index in [9.17, 15) is 4.79 Å². The summed E-state index contributed by atoms with van der Waals surface area (Å²) in [6.07, 6.45) is 3.67. The van der Waals surface area contributed by atoms with Crippen molar-refractivity contribution in [1.82, 2.24) is 10.2 Å². The molecule has 0 atom stereocenters. The molecule has 0 aromatic carbocycles. The number of hydrogen-bond donors (Lipinski definition) is 2. The van der Waals surface area contributed by atoms with Crippen LogP contribution in [0.4, 0.5) is 10.7 Å². The van der Waals surface area contributed by atoms with E-state index in [-0.39, 0.29) is 5.91 Å². The van der Waals surface area contributed by atoms with Crippen molar-refractivity contribution in [2.75, 3.05) is 56.7 Å². The zero-order chi connectivity index (χ0) is 15.4. The average Bonchev–Trinajstić information content (AvgIpc) is 2.82. The van der Waals surface area contributed by atoms with Gasteiger partial charge in [-0.25, -0.2) is 0 Å². The molecule has 21 heavy (non-hydrogen) atoms. The Kier molecular flexibility index (Phi) is 5.55. The maximum absolute atomic E-state index is 12.2. The Hall–Kier alpha value is -1.18. The second-order valence-corrected chi connectivity index (χ2v) is 6.79. The summed E-state index contributed by atoms with van der Waals surface area (Å²) in [5.41, 5.74) is 6.79. The Bertz CT molecular complexity index is 521. The van der Waals surface area contributed by atoms with Gasteiger partial charge in [0.15, 0.2) is 0 Å². The summed E-state index contributed by atoms with van der Waals surface area (Å²) in [7, 11) is 2.13. The highest BCUT2D eigenvalue weighted by Crippen LogP contribution is 2.44. The third-order valence-corrected chi connectivity index (χ3v) is 5.71. The molecule has 0 radical (unpaired) electrons. The van der Waals surface area contributed by atoms with Crippen molar-refractivity contribution in [2.24, 2.45) is 0 Å². The number of hydrogen-bond acceptors (Lipinski definition) is 6. The number of nitrogens with two attached hydrogens (primary N) is 1. The number of anilines is 2. The van der Waals surface area contributed by atoms with E-state index in [0.717, 1.165) is 36.1 Å². The minimum atomic E-state index is -0.118. The number of likely N-dealkylation sites (N-methyl/N-ethyl adjacent to an activating group) is 1. The molecule has 1 aliphatic rings. The molecule has 0 spiro atoms. The summed E-state index contributed by atoms with van der Waals surface area (Å²) in [6, 6.07) is 0. The fourth-order valence-electron chi connectivity index (χ4n) is 2.25. The molecule has 2 heterocycles. The minimum Gasteiger partial charge on any atom is -0.396 e. The van der Waals surface area contributed by atoms with Crippen LogP contribution in [0.25, 0.3) is 0 Å². The summed E-state index contributed by atoms with van der Waals surface area (Å²) in [5.74, 6) is -0.118. The molecule has 0 bridgehead atoms. The molecule has 1 aromatic heterocycles. The number of carbonyl (C=O) groups is 1. The third kappa shape index (κ3) is 3.53. The quantitative estimate of drug-likeness (QED) is 0.637. The summed E-state index contributed by atoms with van der Waals surface area (Å²) in [4.78, 5) is 18.4. The monoisotopic (exact) mass is 326 g/mol. The van der Waals surface area contributed by atoms with Gasteiger partial charge in [-0.05, 0) is 13.3 Å². The van der Waals surface area contributed by atoms with Gasteiger partial charge in [0, 0.05) is 32.7 Å². The number of piperazine rings is 1. The van der Waals surface area contributed by atoms with E-state index in [1.807, 2.05) is 6.26 Å². The molecular weight excluding hydrogens is 304 g/mol. The second kappa shape index (κ2) is 7.20. The van der Waals surface area contributed by atoms with Gasteiger partial charge in [0.1, 0.15) is 9.88 Å². The van der Waals surface area contributed by atoms with Crippen LogP contribution in [0, 0.1) is 0 Å². The van der Waals surface area contributed by atoms with Gasteiger partial charge < -0.3 is 20.9 Å². The minimum absolute atomic E-state index is 0.118. The fourth-order valence-corrected chi connectivity index (χ4v) is 4.39. The van der Waals surface area contributed by atoms with Crippen LogP contribution < -0.4 is 16.0 Å². The first-order chi connectivity index (χ1) is 10.1. The van der Waals surface area contributed by atoms with E-state index in [0.29, 0.717) is 17.1 Å². The van der Waals surface area contributed by atoms with E-state index in [4.69, 9.17) is 5.73 Å². The Morgan fingerprint density at radius 2 is 2.14 bits per heavy atom. The van der Waals surface area contributed by atoms with Crippen molar-refractivity contribution in [2.45, 2.75) is 4.90 Å². The largest absolute Gasteiger partial charge is 0.396 e. The first kappa shape index (κ1) is 16.2. The van der Waals surface area contributed by atoms with Crippen LogP contribution in [0.3, 0.4) is 0 Å². The molecular formula is C14H22N4OS2. The van der Waals surface area contributed by atoms with Gasteiger partial charge in [0.25, 0.3) is 5.91 Å². The van der Waals surface area contributed by atoms with Crippen LogP contribution in [0.2, 0.25) is 0 Å². The average molecular weight is 326 g/mol. The second-order valence-electron chi connectivity index (χ2n) is 4.97.